The van der Waals surface area contributed by atoms with Gasteiger partial charge in [0.25, 0.3) is 0 Å². The highest BCUT2D eigenvalue weighted by Gasteiger charge is 2.08. The lowest BCUT2D eigenvalue weighted by molar-refractivity contribution is -0.120. The largest absolute Gasteiger partial charge is 0.491 e. The van der Waals surface area contributed by atoms with Crippen LogP contribution in [0.25, 0.3) is 0 Å². The Hall–Kier alpha value is -2.96. The van der Waals surface area contributed by atoms with Gasteiger partial charge in [-0.2, -0.15) is 0 Å². The topological polar surface area (TPSA) is 87.9 Å². The normalized spacial score (nSPS) is 11.4. The number of furan rings is 1. The van der Waals surface area contributed by atoms with Gasteiger partial charge in [0.15, 0.2) is 5.96 Å². The van der Waals surface area contributed by atoms with E-state index in [4.69, 9.17) is 9.15 Å². The van der Waals surface area contributed by atoms with Gasteiger partial charge in [0.1, 0.15) is 11.5 Å². The average Bonchev–Trinajstić information content (AvgIpc) is 3.16. The molecule has 1 amide bonds. The standard InChI is InChI=1S/C21H30N4O3/c1-5-22-21(25-14-20(26)23-13-18-7-6-10-27-18)24-12-17-9-8-16(4)11-19(17)28-15(2)3/h6-11,15H,5,12-14H2,1-4H3,(H,23,26)(H2,22,24,25). The smallest absolute Gasteiger partial charge is 0.239 e. The molecule has 0 saturated carbocycles. The Morgan fingerprint density at radius 3 is 2.71 bits per heavy atom. The Labute approximate surface area is 166 Å². The molecule has 7 heteroatoms. The highest BCUT2D eigenvalue weighted by atomic mass is 16.5. The minimum atomic E-state index is -0.138. The number of guanidine groups is 1. The van der Waals surface area contributed by atoms with E-state index < -0.39 is 0 Å². The fourth-order valence-corrected chi connectivity index (χ4v) is 2.49. The van der Waals surface area contributed by atoms with E-state index in [0.29, 0.717) is 31.4 Å². The Morgan fingerprint density at radius 1 is 1.21 bits per heavy atom. The van der Waals surface area contributed by atoms with E-state index in [0.717, 1.165) is 16.9 Å². The number of hydrogen-bond donors (Lipinski definition) is 3. The fourth-order valence-electron chi connectivity index (χ4n) is 2.49. The SMILES string of the molecule is CCNC(=NCc1ccc(C)cc1OC(C)C)NCC(=O)NCc1ccco1. The van der Waals surface area contributed by atoms with Gasteiger partial charge >= 0.3 is 0 Å². The van der Waals surface area contributed by atoms with Crippen molar-refractivity contribution in [1.29, 1.82) is 0 Å². The van der Waals surface area contributed by atoms with Gasteiger partial charge in [-0.1, -0.05) is 12.1 Å². The zero-order valence-corrected chi connectivity index (χ0v) is 17.0. The molecule has 0 unspecified atom stereocenters. The first kappa shape index (κ1) is 21.3. The average molecular weight is 386 g/mol. The maximum atomic E-state index is 12.0. The third-order valence-electron chi connectivity index (χ3n) is 3.79. The van der Waals surface area contributed by atoms with E-state index in [-0.39, 0.29) is 18.6 Å². The summed E-state index contributed by atoms with van der Waals surface area (Å²) in [7, 11) is 0. The van der Waals surface area contributed by atoms with Crippen LogP contribution in [0.5, 0.6) is 5.75 Å². The molecule has 0 fully saturated rings. The van der Waals surface area contributed by atoms with E-state index in [1.807, 2.05) is 52.0 Å². The quantitative estimate of drug-likeness (QED) is 0.456. The molecule has 152 valence electrons. The third kappa shape index (κ3) is 7.34. The second kappa shape index (κ2) is 11.0. The molecular weight excluding hydrogens is 356 g/mol. The highest BCUT2D eigenvalue weighted by Crippen LogP contribution is 2.22. The molecule has 0 bridgehead atoms. The second-order valence-corrected chi connectivity index (χ2v) is 6.68. The Kier molecular flexibility index (Phi) is 8.39. The molecule has 7 nitrogen and oxygen atoms in total. The summed E-state index contributed by atoms with van der Waals surface area (Å²) < 4.78 is 11.1. The minimum Gasteiger partial charge on any atom is -0.491 e. The number of carbonyl (C=O) groups excluding carboxylic acids is 1. The minimum absolute atomic E-state index is 0.0914. The Bertz CT molecular complexity index is 770. The molecule has 0 saturated heterocycles. The first-order valence-corrected chi connectivity index (χ1v) is 9.55. The summed E-state index contributed by atoms with van der Waals surface area (Å²) in [6.07, 6.45) is 1.67. The maximum absolute atomic E-state index is 12.0. The number of carbonyl (C=O) groups is 1. The molecule has 2 rings (SSSR count). The van der Waals surface area contributed by atoms with Crippen LogP contribution >= 0.6 is 0 Å². The summed E-state index contributed by atoms with van der Waals surface area (Å²) in [5.74, 6) is 1.99. The number of nitrogens with one attached hydrogen (secondary N) is 3. The van der Waals surface area contributed by atoms with Crippen molar-refractivity contribution in [3.63, 3.8) is 0 Å². The second-order valence-electron chi connectivity index (χ2n) is 6.68. The summed E-state index contributed by atoms with van der Waals surface area (Å²) in [4.78, 5) is 16.6. The predicted molar refractivity (Wildman–Crippen MR) is 110 cm³/mol. The first-order chi connectivity index (χ1) is 13.5. The molecule has 1 aromatic heterocycles. The Morgan fingerprint density at radius 2 is 2.04 bits per heavy atom. The summed E-state index contributed by atoms with van der Waals surface area (Å²) in [5.41, 5.74) is 2.14. The van der Waals surface area contributed by atoms with Crippen LogP contribution in [-0.4, -0.2) is 31.1 Å². The van der Waals surface area contributed by atoms with Gasteiger partial charge in [0.2, 0.25) is 5.91 Å². The molecule has 0 atom stereocenters. The van der Waals surface area contributed by atoms with Gasteiger partial charge in [0, 0.05) is 12.1 Å². The van der Waals surface area contributed by atoms with Gasteiger partial charge in [-0.15, -0.1) is 0 Å². The number of rotatable bonds is 9. The monoisotopic (exact) mass is 386 g/mol. The molecule has 28 heavy (non-hydrogen) atoms. The van der Waals surface area contributed by atoms with Crippen molar-refractivity contribution in [3.05, 3.63) is 53.5 Å². The molecular formula is C21H30N4O3. The Balaban J connectivity index is 1.93. The molecule has 3 N–H and O–H groups in total. The van der Waals surface area contributed by atoms with Crippen molar-refractivity contribution < 1.29 is 13.9 Å². The lowest BCUT2D eigenvalue weighted by atomic mass is 10.1. The van der Waals surface area contributed by atoms with Crippen LogP contribution in [-0.2, 0) is 17.9 Å². The lowest BCUT2D eigenvalue weighted by Gasteiger charge is -2.15. The van der Waals surface area contributed by atoms with Gasteiger partial charge in [0.05, 0.1) is 32.0 Å². The highest BCUT2D eigenvalue weighted by molar-refractivity contribution is 5.86. The predicted octanol–water partition coefficient (Wildman–Crippen LogP) is 2.75. The van der Waals surface area contributed by atoms with Gasteiger partial charge in [-0.05, 0) is 51.5 Å². The molecule has 0 spiro atoms. The lowest BCUT2D eigenvalue weighted by Crippen LogP contribution is -2.43. The number of amides is 1. The number of aliphatic imine (C=N–C) groups is 1. The third-order valence-corrected chi connectivity index (χ3v) is 3.79. The van der Waals surface area contributed by atoms with Crippen molar-refractivity contribution >= 4 is 11.9 Å². The van der Waals surface area contributed by atoms with Gasteiger partial charge in [-0.25, -0.2) is 4.99 Å². The molecule has 2 aromatic rings. The van der Waals surface area contributed by atoms with Crippen LogP contribution in [0.3, 0.4) is 0 Å². The van der Waals surface area contributed by atoms with E-state index >= 15 is 0 Å². The van der Waals surface area contributed by atoms with Crippen LogP contribution in [0.2, 0.25) is 0 Å². The molecule has 0 radical (unpaired) electrons. The van der Waals surface area contributed by atoms with E-state index in [9.17, 15) is 4.79 Å². The molecule has 0 aliphatic rings. The van der Waals surface area contributed by atoms with Crippen LogP contribution in [0.1, 0.15) is 37.7 Å². The fraction of sp³-hybridized carbons (Fsp3) is 0.429. The first-order valence-electron chi connectivity index (χ1n) is 9.55. The number of hydrogen-bond acceptors (Lipinski definition) is 4. The number of nitrogens with zero attached hydrogens (tertiary/aromatic N) is 1. The van der Waals surface area contributed by atoms with Crippen LogP contribution in [0, 0.1) is 6.92 Å². The summed E-state index contributed by atoms with van der Waals surface area (Å²) in [6.45, 7) is 9.65. The van der Waals surface area contributed by atoms with E-state index in [2.05, 4.69) is 20.9 Å². The van der Waals surface area contributed by atoms with Crippen molar-refractivity contribution in [2.24, 2.45) is 4.99 Å². The zero-order valence-electron chi connectivity index (χ0n) is 17.0. The summed E-state index contributed by atoms with van der Waals surface area (Å²) >= 11 is 0. The summed E-state index contributed by atoms with van der Waals surface area (Å²) in [6, 6.07) is 9.69. The molecule has 0 aliphatic carbocycles. The van der Waals surface area contributed by atoms with Gasteiger partial charge in [-0.3, -0.25) is 4.79 Å². The maximum Gasteiger partial charge on any atom is 0.239 e. The summed E-state index contributed by atoms with van der Waals surface area (Å²) in [5, 5.41) is 8.99. The molecule has 1 aromatic carbocycles. The number of aryl methyl sites for hydroxylation is 1. The zero-order chi connectivity index (χ0) is 20.4. The number of ether oxygens (including phenoxy) is 1. The van der Waals surface area contributed by atoms with Crippen molar-refractivity contribution in [3.8, 4) is 5.75 Å². The van der Waals surface area contributed by atoms with E-state index in [1.165, 1.54) is 0 Å². The van der Waals surface area contributed by atoms with Crippen molar-refractivity contribution in [2.75, 3.05) is 13.1 Å². The molecule has 0 aliphatic heterocycles. The number of benzene rings is 1. The van der Waals surface area contributed by atoms with Crippen LogP contribution in [0.4, 0.5) is 0 Å². The van der Waals surface area contributed by atoms with Crippen molar-refractivity contribution in [2.45, 2.75) is 46.9 Å². The van der Waals surface area contributed by atoms with Gasteiger partial charge < -0.3 is 25.1 Å². The van der Waals surface area contributed by atoms with Crippen molar-refractivity contribution in [1.82, 2.24) is 16.0 Å². The molecule has 1 heterocycles. The van der Waals surface area contributed by atoms with E-state index in [1.54, 1.807) is 12.3 Å². The van der Waals surface area contributed by atoms with Crippen LogP contribution in [0.15, 0.2) is 46.0 Å². The van der Waals surface area contributed by atoms with Crippen LogP contribution < -0.4 is 20.7 Å².